The highest BCUT2D eigenvalue weighted by Crippen LogP contribution is 2.54. The SMILES string of the molecule is CCCCOC(=O)C1=C(N)OC2=C(C(=O)CCC2)C12C(=O)Nc1ccc(Br)cc12. The summed E-state index contributed by atoms with van der Waals surface area (Å²) in [6.45, 7) is 2.16. The van der Waals surface area contributed by atoms with Gasteiger partial charge < -0.3 is 20.5 Å². The minimum Gasteiger partial charge on any atom is -0.462 e. The number of Topliss-reactive ketones (excluding diaryl/α,β-unsaturated/α-hetero) is 1. The normalized spacial score (nSPS) is 23.0. The second-order valence-electron chi connectivity index (χ2n) is 7.30. The summed E-state index contributed by atoms with van der Waals surface area (Å²) >= 11 is 3.43. The van der Waals surface area contributed by atoms with E-state index in [9.17, 15) is 14.4 Å². The van der Waals surface area contributed by atoms with E-state index in [1.165, 1.54) is 0 Å². The number of esters is 1. The molecule has 1 aromatic carbocycles. The van der Waals surface area contributed by atoms with Gasteiger partial charge in [0.1, 0.15) is 16.7 Å². The van der Waals surface area contributed by atoms with Crippen LogP contribution in [0.4, 0.5) is 5.69 Å². The van der Waals surface area contributed by atoms with E-state index in [0.717, 1.165) is 6.42 Å². The molecular formula is C21H21BrN2O5. The Balaban J connectivity index is 1.97. The Labute approximate surface area is 176 Å². The third-order valence-corrected chi connectivity index (χ3v) is 6.00. The first kappa shape index (κ1) is 19.7. The predicted octanol–water partition coefficient (Wildman–Crippen LogP) is 3.19. The van der Waals surface area contributed by atoms with Gasteiger partial charge in [0.05, 0.1) is 12.2 Å². The van der Waals surface area contributed by atoms with Crippen LogP contribution in [0.15, 0.2) is 45.5 Å². The highest BCUT2D eigenvalue weighted by Gasteiger charge is 2.61. The third kappa shape index (κ3) is 2.88. The largest absolute Gasteiger partial charge is 0.462 e. The number of allylic oxidation sites excluding steroid dienone is 1. The van der Waals surface area contributed by atoms with Crippen LogP contribution in [-0.2, 0) is 29.3 Å². The fraction of sp³-hybridized carbons (Fsp3) is 0.381. The Morgan fingerprint density at radius 1 is 1.34 bits per heavy atom. The van der Waals surface area contributed by atoms with E-state index in [1.54, 1.807) is 18.2 Å². The lowest BCUT2D eigenvalue weighted by Gasteiger charge is -2.38. The summed E-state index contributed by atoms with van der Waals surface area (Å²) in [6, 6.07) is 5.24. The molecule has 7 nitrogen and oxygen atoms in total. The lowest BCUT2D eigenvalue weighted by Crippen LogP contribution is -2.49. The highest BCUT2D eigenvalue weighted by atomic mass is 79.9. The maximum atomic E-state index is 13.4. The molecule has 4 rings (SSSR count). The smallest absolute Gasteiger partial charge is 0.341 e. The van der Waals surface area contributed by atoms with Crippen LogP contribution in [0.3, 0.4) is 0 Å². The molecule has 2 heterocycles. The molecule has 0 saturated heterocycles. The molecule has 3 N–H and O–H groups in total. The van der Waals surface area contributed by atoms with E-state index in [0.29, 0.717) is 40.7 Å². The zero-order valence-corrected chi connectivity index (χ0v) is 17.6. The van der Waals surface area contributed by atoms with Gasteiger partial charge in [-0.15, -0.1) is 0 Å². The van der Waals surface area contributed by atoms with Crippen molar-refractivity contribution in [3.8, 4) is 0 Å². The number of anilines is 1. The number of hydrogen-bond acceptors (Lipinski definition) is 6. The van der Waals surface area contributed by atoms with Gasteiger partial charge in [-0.25, -0.2) is 4.79 Å². The summed E-state index contributed by atoms with van der Waals surface area (Å²) in [5, 5.41) is 2.81. The van der Waals surface area contributed by atoms with Crippen LogP contribution >= 0.6 is 15.9 Å². The first-order valence-corrected chi connectivity index (χ1v) is 10.4. The summed E-state index contributed by atoms with van der Waals surface area (Å²) in [5.74, 6) is -1.30. The Morgan fingerprint density at radius 2 is 2.14 bits per heavy atom. The standard InChI is InChI=1S/C21H21BrN2O5/c1-2-3-9-28-19(26)17-18(23)29-15-6-4-5-14(25)16(15)21(17)12-10-11(22)7-8-13(12)24-20(21)27/h7-8,10H,2-6,9,23H2,1H3,(H,24,27). The number of amides is 1. The molecule has 0 saturated carbocycles. The molecule has 3 aliphatic rings. The van der Waals surface area contributed by atoms with E-state index in [1.807, 2.05) is 6.92 Å². The molecule has 29 heavy (non-hydrogen) atoms. The van der Waals surface area contributed by atoms with Gasteiger partial charge in [0, 0.05) is 28.6 Å². The third-order valence-electron chi connectivity index (χ3n) is 5.50. The van der Waals surface area contributed by atoms with Crippen LogP contribution in [0.25, 0.3) is 0 Å². The van der Waals surface area contributed by atoms with Crippen LogP contribution in [0.1, 0.15) is 44.6 Å². The molecule has 0 bridgehead atoms. The van der Waals surface area contributed by atoms with Gasteiger partial charge in [-0.2, -0.15) is 0 Å². The van der Waals surface area contributed by atoms with Gasteiger partial charge in [0.25, 0.3) is 0 Å². The van der Waals surface area contributed by atoms with E-state index < -0.39 is 17.3 Å². The molecule has 2 aliphatic heterocycles. The molecule has 1 atom stereocenters. The zero-order chi connectivity index (χ0) is 20.8. The number of benzene rings is 1. The minimum absolute atomic E-state index is 0.128. The Kier molecular flexibility index (Phi) is 4.98. The number of nitrogens with one attached hydrogen (secondary N) is 1. The molecule has 1 aliphatic carbocycles. The highest BCUT2D eigenvalue weighted by molar-refractivity contribution is 9.10. The van der Waals surface area contributed by atoms with Crippen molar-refractivity contribution in [3.05, 3.63) is 51.0 Å². The molecule has 0 aromatic heterocycles. The number of unbranched alkanes of at least 4 members (excludes halogenated alkanes) is 1. The summed E-state index contributed by atoms with van der Waals surface area (Å²) in [7, 11) is 0. The van der Waals surface area contributed by atoms with Crippen LogP contribution in [-0.4, -0.2) is 24.3 Å². The monoisotopic (exact) mass is 460 g/mol. The van der Waals surface area contributed by atoms with Gasteiger partial charge in [0.15, 0.2) is 5.78 Å². The summed E-state index contributed by atoms with van der Waals surface area (Å²) in [5.41, 5.74) is 5.58. The van der Waals surface area contributed by atoms with Crippen LogP contribution < -0.4 is 11.1 Å². The zero-order valence-electron chi connectivity index (χ0n) is 16.0. The molecule has 1 spiro atoms. The van der Waals surface area contributed by atoms with Crippen LogP contribution in [0, 0.1) is 0 Å². The van der Waals surface area contributed by atoms with Crippen molar-refractivity contribution in [2.45, 2.75) is 44.4 Å². The van der Waals surface area contributed by atoms with Crippen molar-refractivity contribution >= 4 is 39.3 Å². The predicted molar refractivity (Wildman–Crippen MR) is 108 cm³/mol. The van der Waals surface area contributed by atoms with Gasteiger partial charge in [0.2, 0.25) is 11.8 Å². The van der Waals surface area contributed by atoms with E-state index in [4.69, 9.17) is 15.2 Å². The number of nitrogens with two attached hydrogens (primary N) is 1. The fourth-order valence-electron chi connectivity index (χ4n) is 4.23. The molecule has 1 aromatic rings. The summed E-state index contributed by atoms with van der Waals surface area (Å²) in [4.78, 5) is 39.6. The average molecular weight is 461 g/mol. The molecular weight excluding hydrogens is 440 g/mol. The van der Waals surface area contributed by atoms with Gasteiger partial charge in [-0.05, 0) is 31.0 Å². The van der Waals surface area contributed by atoms with Crippen molar-refractivity contribution < 1.29 is 23.9 Å². The molecule has 1 unspecified atom stereocenters. The van der Waals surface area contributed by atoms with Crippen molar-refractivity contribution in [3.63, 3.8) is 0 Å². The minimum atomic E-state index is -1.67. The van der Waals surface area contributed by atoms with Crippen LogP contribution in [0.5, 0.6) is 0 Å². The number of rotatable bonds is 4. The van der Waals surface area contributed by atoms with E-state index >= 15 is 0 Å². The number of hydrogen-bond donors (Lipinski definition) is 2. The maximum absolute atomic E-state index is 13.4. The van der Waals surface area contributed by atoms with Gasteiger partial charge in [-0.3, -0.25) is 9.59 Å². The van der Waals surface area contributed by atoms with Crippen LogP contribution in [0.2, 0.25) is 0 Å². The first-order valence-electron chi connectivity index (χ1n) is 9.64. The molecule has 0 radical (unpaired) electrons. The topological polar surface area (TPSA) is 108 Å². The van der Waals surface area contributed by atoms with E-state index in [-0.39, 0.29) is 35.8 Å². The summed E-state index contributed by atoms with van der Waals surface area (Å²) in [6.07, 6.45) is 2.86. The molecule has 1 amide bonds. The number of ketones is 1. The number of carbonyl (C=O) groups is 3. The Hall–Kier alpha value is -2.61. The first-order chi connectivity index (χ1) is 13.9. The lowest BCUT2D eigenvalue weighted by molar-refractivity contribution is -0.141. The van der Waals surface area contributed by atoms with Crippen molar-refractivity contribution in [2.75, 3.05) is 11.9 Å². The number of halogens is 1. The van der Waals surface area contributed by atoms with Crippen molar-refractivity contribution in [1.82, 2.24) is 0 Å². The fourth-order valence-corrected chi connectivity index (χ4v) is 4.60. The number of carbonyl (C=O) groups excluding carboxylic acids is 3. The lowest BCUT2D eigenvalue weighted by atomic mass is 9.65. The van der Waals surface area contributed by atoms with E-state index in [2.05, 4.69) is 21.2 Å². The number of ether oxygens (including phenoxy) is 2. The molecule has 0 fully saturated rings. The second kappa shape index (κ2) is 7.33. The van der Waals surface area contributed by atoms with Crippen molar-refractivity contribution in [1.29, 1.82) is 0 Å². The average Bonchev–Trinajstić information content (AvgIpc) is 2.94. The second-order valence-corrected chi connectivity index (χ2v) is 8.22. The van der Waals surface area contributed by atoms with Crippen molar-refractivity contribution in [2.24, 2.45) is 5.73 Å². The van der Waals surface area contributed by atoms with Gasteiger partial charge in [-0.1, -0.05) is 29.3 Å². The molecule has 152 valence electrons. The maximum Gasteiger partial charge on any atom is 0.341 e. The Bertz CT molecular complexity index is 997. The molecule has 8 heteroatoms. The summed E-state index contributed by atoms with van der Waals surface area (Å²) < 4.78 is 11.8. The van der Waals surface area contributed by atoms with Gasteiger partial charge >= 0.3 is 5.97 Å². The quantitative estimate of drug-likeness (QED) is 0.527. The number of fused-ring (bicyclic) bond motifs is 3. The Morgan fingerprint density at radius 3 is 2.90 bits per heavy atom.